The van der Waals surface area contributed by atoms with Crippen LogP contribution in [-0.2, 0) is 11.3 Å². The minimum atomic E-state index is -1.46. The van der Waals surface area contributed by atoms with E-state index in [2.05, 4.69) is 21.9 Å². The largest absolute Gasteiger partial charge is 0.629 e. The smallest absolute Gasteiger partial charge is 0.208 e. The molecule has 0 amide bonds. The Hall–Kier alpha value is -0.860. The molecular weight excluding hydrogens is 473 g/mol. The van der Waals surface area contributed by atoms with Crippen LogP contribution in [0.2, 0.25) is 0 Å². The molecule has 0 bridgehead atoms. The average Bonchev–Trinajstić information content (AvgIpc) is 3.22. The molecule has 0 spiro atoms. The van der Waals surface area contributed by atoms with Gasteiger partial charge in [-0.15, -0.1) is 0 Å². The third kappa shape index (κ3) is 11.9. The molecule has 0 saturated carbocycles. The van der Waals surface area contributed by atoms with Gasteiger partial charge >= 0.3 is 0 Å². The van der Waals surface area contributed by atoms with Crippen LogP contribution in [0.15, 0.2) is 12.7 Å². The monoisotopic (exact) mass is 513 g/mol. The summed E-state index contributed by atoms with van der Waals surface area (Å²) < 4.78 is 7.55. The Kier molecular flexibility index (Phi) is 15.1. The number of aromatic nitrogens is 4. The van der Waals surface area contributed by atoms with Gasteiger partial charge < -0.3 is 19.9 Å². The van der Waals surface area contributed by atoms with Crippen molar-refractivity contribution in [2.24, 2.45) is 0 Å². The van der Waals surface area contributed by atoms with Crippen molar-refractivity contribution in [2.45, 2.75) is 90.7 Å². The molecule has 2 aromatic heterocycles. The van der Waals surface area contributed by atoms with Crippen LogP contribution in [0.4, 0.5) is 5.82 Å². The maximum absolute atomic E-state index is 12.2. The average molecular weight is 514 g/mol. The number of hydrogen-bond donors (Lipinski definition) is 1. The lowest BCUT2D eigenvalue weighted by Crippen LogP contribution is -2.16. The van der Waals surface area contributed by atoms with Crippen LogP contribution in [0.25, 0.3) is 11.2 Å². The molecule has 0 radical (unpaired) electrons. The molecule has 10 heteroatoms. The van der Waals surface area contributed by atoms with E-state index in [0.29, 0.717) is 29.7 Å². The van der Waals surface area contributed by atoms with Crippen molar-refractivity contribution in [2.75, 3.05) is 23.4 Å². The molecule has 2 heterocycles. The summed E-state index contributed by atoms with van der Waals surface area (Å²) in [5, 5.41) is 0. The van der Waals surface area contributed by atoms with Gasteiger partial charge in [-0.2, -0.15) is 0 Å². The second-order valence-electron chi connectivity index (χ2n) is 8.35. The Morgan fingerprint density at radius 2 is 1.70 bits per heavy atom. The van der Waals surface area contributed by atoms with Crippen molar-refractivity contribution >= 4 is 52.3 Å². The van der Waals surface area contributed by atoms with Gasteiger partial charge in [0.15, 0.2) is 11.5 Å². The molecule has 2 rings (SSSR count). The summed E-state index contributed by atoms with van der Waals surface area (Å²) in [5.41, 5.74) is 7.09. The van der Waals surface area contributed by atoms with E-state index in [-0.39, 0.29) is 6.10 Å². The van der Waals surface area contributed by atoms with Gasteiger partial charge in [0, 0.05) is 11.5 Å². The molecule has 0 aromatic carbocycles. The van der Waals surface area contributed by atoms with E-state index in [9.17, 15) is 4.89 Å². The van der Waals surface area contributed by atoms with Gasteiger partial charge in [-0.05, 0) is 13.3 Å². The first-order valence-corrected chi connectivity index (χ1v) is 16.2. The van der Waals surface area contributed by atoms with Crippen LogP contribution in [0.1, 0.15) is 78.1 Å². The molecule has 0 aliphatic carbocycles. The molecule has 2 aromatic rings. The van der Waals surface area contributed by atoms with Crippen LogP contribution < -0.4 is 10.6 Å². The number of rotatable bonds is 19. The SMILES string of the molecule is CCCCCCCCCCCCSSCC[P+]([O-])=CO[C@H](C)Cn1cnc2c(N)ncnc21. The van der Waals surface area contributed by atoms with E-state index in [4.69, 9.17) is 10.5 Å². The lowest BCUT2D eigenvalue weighted by molar-refractivity contribution is -0.153. The normalized spacial score (nSPS) is 13.1. The summed E-state index contributed by atoms with van der Waals surface area (Å²) in [7, 11) is 2.27. The van der Waals surface area contributed by atoms with E-state index >= 15 is 0 Å². The quantitative estimate of drug-likeness (QED) is 0.146. The molecule has 0 fully saturated rings. The fourth-order valence-electron chi connectivity index (χ4n) is 3.47. The molecule has 2 N–H and O–H groups in total. The Balaban J connectivity index is 1.46. The zero-order valence-electron chi connectivity index (χ0n) is 20.2. The standard InChI is InChI=1S/C23H40N5O2PS2/c1-3-4-5-6-7-8-9-10-11-12-14-32-33-15-13-31(29)19-30-20(2)16-28-18-27-21-22(24)25-17-26-23(21)28/h17-20H,3-16H2,1-2H3,(H2,24,25,26)/t20-/m1/s1. The fraction of sp³-hybridized carbons (Fsp3) is 0.739. The highest BCUT2D eigenvalue weighted by molar-refractivity contribution is 8.76. The van der Waals surface area contributed by atoms with Gasteiger partial charge in [-0.1, -0.05) is 86.3 Å². The number of nitrogens with two attached hydrogens (primary N) is 1. The lowest BCUT2D eigenvalue weighted by Gasteiger charge is -2.10. The number of hydrogen-bond acceptors (Lipinski definition) is 8. The summed E-state index contributed by atoms with van der Waals surface area (Å²) >= 11 is 0. The highest BCUT2D eigenvalue weighted by atomic mass is 33.1. The third-order valence-electron chi connectivity index (χ3n) is 5.35. The molecule has 33 heavy (non-hydrogen) atoms. The first kappa shape index (κ1) is 28.4. The van der Waals surface area contributed by atoms with Gasteiger partial charge in [0.1, 0.15) is 18.0 Å². The highest BCUT2D eigenvalue weighted by Crippen LogP contribution is 2.26. The summed E-state index contributed by atoms with van der Waals surface area (Å²) in [4.78, 5) is 24.6. The first-order chi connectivity index (χ1) is 16.1. The van der Waals surface area contributed by atoms with E-state index in [0.717, 1.165) is 5.75 Å². The van der Waals surface area contributed by atoms with E-state index in [1.54, 1.807) is 6.33 Å². The van der Waals surface area contributed by atoms with Crippen molar-refractivity contribution in [1.82, 2.24) is 19.5 Å². The third-order valence-corrected chi connectivity index (χ3v) is 9.17. The minimum Gasteiger partial charge on any atom is -0.629 e. The Labute approximate surface area is 207 Å². The van der Waals surface area contributed by atoms with Crippen LogP contribution in [0, 0.1) is 0 Å². The maximum Gasteiger partial charge on any atom is 0.208 e. The summed E-state index contributed by atoms with van der Waals surface area (Å²) in [5.74, 6) is 3.93. The Bertz CT molecular complexity index is 821. The number of fused-ring (bicyclic) bond motifs is 1. The van der Waals surface area contributed by atoms with Crippen molar-refractivity contribution in [3.8, 4) is 0 Å². The number of nitrogen functional groups attached to an aromatic ring is 1. The molecule has 186 valence electrons. The Morgan fingerprint density at radius 1 is 1.03 bits per heavy atom. The minimum absolute atomic E-state index is 0.143. The summed E-state index contributed by atoms with van der Waals surface area (Å²) in [6.07, 6.45) is 17.3. The van der Waals surface area contributed by atoms with E-state index in [1.807, 2.05) is 33.1 Å². The van der Waals surface area contributed by atoms with Crippen molar-refractivity contribution in [1.29, 1.82) is 0 Å². The number of imidazole rings is 1. The van der Waals surface area contributed by atoms with E-state index < -0.39 is 7.77 Å². The van der Waals surface area contributed by atoms with Crippen LogP contribution in [0.5, 0.6) is 0 Å². The fourth-order valence-corrected chi connectivity index (χ4v) is 7.23. The number of unbranched alkanes of at least 4 members (excludes halogenated alkanes) is 9. The van der Waals surface area contributed by atoms with Crippen molar-refractivity contribution in [3.05, 3.63) is 12.7 Å². The summed E-state index contributed by atoms with van der Waals surface area (Å²) in [6.45, 7) is 4.76. The second-order valence-corrected chi connectivity index (χ2v) is 12.5. The highest BCUT2D eigenvalue weighted by Gasteiger charge is 2.11. The van der Waals surface area contributed by atoms with Crippen molar-refractivity contribution in [3.63, 3.8) is 0 Å². The van der Waals surface area contributed by atoms with E-state index in [1.165, 1.54) is 82.3 Å². The Morgan fingerprint density at radius 3 is 2.42 bits per heavy atom. The topological polar surface area (TPSA) is 102 Å². The molecule has 2 atom stereocenters. The van der Waals surface area contributed by atoms with Gasteiger partial charge in [0.25, 0.3) is 0 Å². The zero-order valence-corrected chi connectivity index (χ0v) is 22.7. The second kappa shape index (κ2) is 17.6. The van der Waals surface area contributed by atoms with Crippen LogP contribution in [-0.4, -0.2) is 49.3 Å². The molecule has 1 unspecified atom stereocenters. The maximum atomic E-state index is 12.2. The van der Waals surface area contributed by atoms with Gasteiger partial charge in [0.05, 0.1) is 26.7 Å². The molecule has 7 nitrogen and oxygen atoms in total. The van der Waals surface area contributed by atoms with Gasteiger partial charge in [-0.25, -0.2) is 15.0 Å². The summed E-state index contributed by atoms with van der Waals surface area (Å²) in [6, 6.07) is 0. The molecule has 0 aliphatic heterocycles. The first-order valence-electron chi connectivity index (χ1n) is 12.2. The number of ether oxygens (including phenoxy) is 1. The predicted molar refractivity (Wildman–Crippen MR) is 145 cm³/mol. The van der Waals surface area contributed by atoms with Crippen molar-refractivity contribution < 1.29 is 9.63 Å². The zero-order chi connectivity index (χ0) is 23.7. The predicted octanol–water partition coefficient (Wildman–Crippen LogP) is 5.63. The number of anilines is 1. The lowest BCUT2D eigenvalue weighted by atomic mass is 10.1. The molecule has 0 saturated heterocycles. The molecule has 0 aliphatic rings. The van der Waals surface area contributed by atoms with Crippen LogP contribution >= 0.6 is 29.4 Å². The van der Waals surface area contributed by atoms with Gasteiger partial charge in [-0.3, -0.25) is 0 Å². The van der Waals surface area contributed by atoms with Crippen LogP contribution in [0.3, 0.4) is 0 Å². The number of nitrogens with zero attached hydrogens (tertiary/aromatic N) is 4. The molecular formula is C23H40N5O2PS2. The van der Waals surface area contributed by atoms with Gasteiger partial charge in [0.2, 0.25) is 5.98 Å².